The number of halogens is 4. The van der Waals surface area contributed by atoms with Crippen LogP contribution in [-0.4, -0.2) is 28.1 Å². The summed E-state index contributed by atoms with van der Waals surface area (Å²) in [6.45, 7) is -0.0419. The van der Waals surface area contributed by atoms with Crippen LogP contribution >= 0.6 is 0 Å². The monoisotopic (exact) mass is 457 g/mol. The summed E-state index contributed by atoms with van der Waals surface area (Å²) in [6.07, 6.45) is -1.77. The number of pyridine rings is 1. The fraction of sp³-hybridized carbons (Fsp3) is 0.0870. The predicted molar refractivity (Wildman–Crippen MR) is 110 cm³/mol. The van der Waals surface area contributed by atoms with Gasteiger partial charge in [0.25, 0.3) is 11.8 Å². The van der Waals surface area contributed by atoms with Crippen LogP contribution in [-0.2, 0) is 16.1 Å². The first-order chi connectivity index (χ1) is 15.7. The molecule has 0 fully saturated rings. The Kier molecular flexibility index (Phi) is 5.82. The number of aromatic nitrogens is 1. The highest BCUT2D eigenvalue weighted by atomic mass is 19.4. The van der Waals surface area contributed by atoms with E-state index in [0.717, 1.165) is 29.2 Å². The molecule has 0 saturated heterocycles. The molecular formula is C23H15F4N3O3. The third-order valence-corrected chi connectivity index (χ3v) is 4.72. The maximum absolute atomic E-state index is 13.4. The van der Waals surface area contributed by atoms with Crippen LogP contribution in [0.15, 0.2) is 78.8 Å². The number of hydrogen-bond donors (Lipinski definition) is 1. The Morgan fingerprint density at radius 3 is 2.24 bits per heavy atom. The molecule has 0 bridgehead atoms. The van der Waals surface area contributed by atoms with Crippen LogP contribution in [0.1, 0.15) is 11.1 Å². The second-order valence-electron chi connectivity index (χ2n) is 7.01. The lowest BCUT2D eigenvalue weighted by atomic mass is 10.0. The smallest absolute Gasteiger partial charge is 0.406 e. The number of rotatable bonds is 6. The minimum atomic E-state index is -4.84. The van der Waals surface area contributed by atoms with Crippen LogP contribution in [0.3, 0.4) is 0 Å². The van der Waals surface area contributed by atoms with Gasteiger partial charge in [0.05, 0.1) is 12.1 Å². The van der Waals surface area contributed by atoms with Gasteiger partial charge in [-0.3, -0.25) is 19.5 Å². The average Bonchev–Trinajstić information content (AvgIpc) is 3.00. The van der Waals surface area contributed by atoms with E-state index in [1.807, 2.05) is 0 Å². The maximum Gasteiger partial charge on any atom is 0.573 e. The second-order valence-corrected chi connectivity index (χ2v) is 7.01. The molecule has 2 amide bonds. The van der Waals surface area contributed by atoms with Crippen molar-refractivity contribution in [1.82, 2.24) is 9.88 Å². The number of nitrogens with zero attached hydrogens (tertiary/aromatic N) is 2. The maximum atomic E-state index is 13.4. The van der Waals surface area contributed by atoms with Gasteiger partial charge in [-0.2, -0.15) is 0 Å². The molecule has 1 aromatic heterocycles. The largest absolute Gasteiger partial charge is 0.573 e. The zero-order valence-electron chi connectivity index (χ0n) is 16.8. The average molecular weight is 457 g/mol. The van der Waals surface area contributed by atoms with E-state index in [1.54, 1.807) is 18.3 Å². The van der Waals surface area contributed by atoms with Crippen molar-refractivity contribution in [3.05, 3.63) is 95.7 Å². The molecule has 33 heavy (non-hydrogen) atoms. The standard InChI is InChI=1S/C23H15F4N3O3/c24-16-5-3-15(4-6-16)19-20(29-17-7-9-18(10-8-17)33-23(25,26)27)22(32)30(21(19)31)13-14-2-1-11-28-12-14/h1-12,29H,13H2. The fourth-order valence-corrected chi connectivity index (χ4v) is 3.28. The normalized spacial score (nSPS) is 14.1. The molecule has 0 spiro atoms. The van der Waals surface area contributed by atoms with Gasteiger partial charge in [-0.25, -0.2) is 4.39 Å². The number of amides is 2. The van der Waals surface area contributed by atoms with Crippen LogP contribution in [0.5, 0.6) is 5.75 Å². The minimum Gasteiger partial charge on any atom is -0.406 e. The van der Waals surface area contributed by atoms with E-state index in [4.69, 9.17) is 0 Å². The molecule has 0 saturated carbocycles. The summed E-state index contributed by atoms with van der Waals surface area (Å²) >= 11 is 0. The van der Waals surface area contributed by atoms with Crippen LogP contribution in [0, 0.1) is 5.82 Å². The first-order valence-corrected chi connectivity index (χ1v) is 9.59. The summed E-state index contributed by atoms with van der Waals surface area (Å²) < 4.78 is 54.4. The van der Waals surface area contributed by atoms with Crippen molar-refractivity contribution in [2.75, 3.05) is 5.32 Å². The number of benzene rings is 2. The Hall–Kier alpha value is -4.21. The number of imide groups is 1. The van der Waals surface area contributed by atoms with E-state index < -0.39 is 29.7 Å². The second kappa shape index (κ2) is 8.73. The van der Waals surface area contributed by atoms with Gasteiger partial charge in [0.2, 0.25) is 0 Å². The van der Waals surface area contributed by atoms with Gasteiger partial charge >= 0.3 is 6.36 Å². The van der Waals surface area contributed by atoms with E-state index in [0.29, 0.717) is 11.1 Å². The van der Waals surface area contributed by atoms with Gasteiger partial charge < -0.3 is 10.1 Å². The first kappa shape index (κ1) is 22.0. The van der Waals surface area contributed by atoms with Crippen molar-refractivity contribution in [3.63, 3.8) is 0 Å². The van der Waals surface area contributed by atoms with E-state index >= 15 is 0 Å². The van der Waals surface area contributed by atoms with Gasteiger partial charge in [-0.15, -0.1) is 13.2 Å². The van der Waals surface area contributed by atoms with Crippen molar-refractivity contribution in [2.45, 2.75) is 12.9 Å². The predicted octanol–water partition coefficient (Wildman–Crippen LogP) is 4.51. The first-order valence-electron chi connectivity index (χ1n) is 9.59. The topological polar surface area (TPSA) is 71.5 Å². The van der Waals surface area contributed by atoms with Gasteiger partial charge in [-0.1, -0.05) is 18.2 Å². The Balaban J connectivity index is 1.67. The molecule has 1 aliphatic heterocycles. The highest BCUT2D eigenvalue weighted by Gasteiger charge is 2.39. The highest BCUT2D eigenvalue weighted by Crippen LogP contribution is 2.32. The molecule has 4 rings (SSSR count). The Morgan fingerprint density at radius 1 is 0.939 bits per heavy atom. The highest BCUT2D eigenvalue weighted by molar-refractivity contribution is 6.36. The Labute approximate surface area is 185 Å². The van der Waals surface area contributed by atoms with Crippen molar-refractivity contribution >= 4 is 23.1 Å². The van der Waals surface area contributed by atoms with E-state index in [-0.39, 0.29) is 23.5 Å². The molecule has 1 N–H and O–H groups in total. The molecule has 1 aliphatic rings. The number of alkyl halides is 3. The van der Waals surface area contributed by atoms with E-state index in [9.17, 15) is 27.2 Å². The van der Waals surface area contributed by atoms with Gasteiger partial charge in [0.15, 0.2) is 0 Å². The van der Waals surface area contributed by atoms with Crippen molar-refractivity contribution in [3.8, 4) is 5.75 Å². The lowest BCUT2D eigenvalue weighted by molar-refractivity contribution is -0.274. The summed E-state index contributed by atoms with van der Waals surface area (Å²) in [5, 5.41) is 2.81. The quantitative estimate of drug-likeness (QED) is 0.436. The lowest BCUT2D eigenvalue weighted by Crippen LogP contribution is -2.32. The summed E-state index contributed by atoms with van der Waals surface area (Å²) in [4.78, 5) is 31.3. The molecule has 2 aromatic carbocycles. The van der Waals surface area contributed by atoms with Crippen LogP contribution < -0.4 is 10.1 Å². The number of nitrogens with one attached hydrogen (secondary N) is 1. The summed E-state index contributed by atoms with van der Waals surface area (Å²) in [6, 6.07) is 13.1. The van der Waals surface area contributed by atoms with Gasteiger partial charge in [0, 0.05) is 18.1 Å². The van der Waals surface area contributed by atoms with Crippen LogP contribution in [0.2, 0.25) is 0 Å². The molecule has 3 aromatic rings. The molecule has 6 nitrogen and oxygen atoms in total. The number of carbonyl (C=O) groups is 2. The van der Waals surface area contributed by atoms with Crippen molar-refractivity contribution < 1.29 is 31.9 Å². The van der Waals surface area contributed by atoms with E-state index in [2.05, 4.69) is 15.0 Å². The SMILES string of the molecule is O=C1C(Nc2ccc(OC(F)(F)F)cc2)=C(c2ccc(F)cc2)C(=O)N1Cc1cccnc1. The summed E-state index contributed by atoms with van der Waals surface area (Å²) in [5.74, 6) is -2.19. The molecule has 0 radical (unpaired) electrons. The molecule has 0 aliphatic carbocycles. The third kappa shape index (κ3) is 5.00. The molecule has 168 valence electrons. The molecule has 0 atom stereocenters. The molecule has 2 heterocycles. The van der Waals surface area contributed by atoms with Crippen LogP contribution in [0.25, 0.3) is 5.57 Å². The summed E-state index contributed by atoms with van der Waals surface area (Å²) in [7, 11) is 0. The number of carbonyl (C=O) groups excluding carboxylic acids is 2. The van der Waals surface area contributed by atoms with Gasteiger partial charge in [0.1, 0.15) is 17.3 Å². The van der Waals surface area contributed by atoms with Gasteiger partial charge in [-0.05, 0) is 53.6 Å². The molecule has 0 unspecified atom stereocenters. The van der Waals surface area contributed by atoms with E-state index in [1.165, 1.54) is 30.5 Å². The van der Waals surface area contributed by atoms with Crippen LogP contribution in [0.4, 0.5) is 23.2 Å². The lowest BCUT2D eigenvalue weighted by Gasteiger charge is -2.15. The number of anilines is 1. The van der Waals surface area contributed by atoms with Crippen molar-refractivity contribution in [1.29, 1.82) is 0 Å². The Morgan fingerprint density at radius 2 is 1.64 bits per heavy atom. The summed E-state index contributed by atoms with van der Waals surface area (Å²) in [5.41, 5.74) is 1.11. The zero-order valence-corrected chi connectivity index (χ0v) is 16.8. The number of ether oxygens (including phenoxy) is 1. The number of hydrogen-bond acceptors (Lipinski definition) is 5. The van der Waals surface area contributed by atoms with Crippen molar-refractivity contribution in [2.24, 2.45) is 0 Å². The molecular weight excluding hydrogens is 442 g/mol. The minimum absolute atomic E-state index is 0.0134. The molecule has 10 heteroatoms. The Bertz CT molecular complexity index is 1210. The zero-order chi connectivity index (χ0) is 23.6. The third-order valence-electron chi connectivity index (χ3n) is 4.72. The fourth-order valence-electron chi connectivity index (χ4n) is 3.28.